The molecule has 0 aliphatic heterocycles. The second-order valence-electron chi connectivity index (χ2n) is 5.07. The summed E-state index contributed by atoms with van der Waals surface area (Å²) in [5.41, 5.74) is 1.20. The molecule has 0 saturated heterocycles. The van der Waals surface area contributed by atoms with E-state index in [1.165, 1.54) is 5.56 Å². The van der Waals surface area contributed by atoms with Crippen LogP contribution in [-0.2, 0) is 6.42 Å². The van der Waals surface area contributed by atoms with E-state index in [2.05, 4.69) is 4.98 Å². The third-order valence-electron chi connectivity index (χ3n) is 3.18. The molecule has 0 aliphatic carbocycles. The molecule has 5 heteroatoms. The van der Waals surface area contributed by atoms with Gasteiger partial charge in [-0.05, 0) is 57.1 Å². The first-order valence-corrected chi connectivity index (χ1v) is 6.73. The average Bonchev–Trinajstić information content (AvgIpc) is 2.84. The molecular formula is C14H27NO3Po. The summed E-state index contributed by atoms with van der Waals surface area (Å²) in [6, 6.07) is 2.00. The van der Waals surface area contributed by atoms with Crippen LogP contribution in [0.25, 0.3) is 0 Å². The van der Waals surface area contributed by atoms with Gasteiger partial charge < -0.3 is 20.3 Å². The Kier molecular flexibility index (Phi) is 10.8. The molecule has 4 nitrogen and oxygen atoms in total. The molecule has 1 rings (SSSR count). The molecule has 0 spiro atoms. The zero-order valence-electron chi connectivity index (χ0n) is 11.5. The van der Waals surface area contributed by atoms with E-state index < -0.39 is 6.10 Å². The Morgan fingerprint density at radius 2 is 1.58 bits per heavy atom. The number of aromatic amines is 1. The standard InChI is InChI=1S/C14H25NO3.Po.2H/c1-11(16)2-4-13(17)6-7-14(18)5-3-12-8-9-15-10-12;;;/h8-11,13-18H,2-7H2,1H3;;;. The van der Waals surface area contributed by atoms with Gasteiger partial charge in [-0.15, -0.1) is 0 Å². The number of aliphatic hydroxyl groups excluding tert-OH is 3. The third kappa shape index (κ3) is 9.57. The fourth-order valence-corrected chi connectivity index (χ4v) is 1.95. The molecule has 0 bridgehead atoms. The molecule has 0 aromatic carbocycles. The van der Waals surface area contributed by atoms with Crippen LogP contribution in [0.3, 0.4) is 0 Å². The summed E-state index contributed by atoms with van der Waals surface area (Å²) in [5.74, 6) is 0. The van der Waals surface area contributed by atoms with E-state index in [0.29, 0.717) is 25.7 Å². The van der Waals surface area contributed by atoms with Crippen LogP contribution in [0, 0.1) is 0 Å². The van der Waals surface area contributed by atoms with Gasteiger partial charge >= 0.3 is 26.6 Å². The van der Waals surface area contributed by atoms with Gasteiger partial charge in [0.15, 0.2) is 0 Å². The second-order valence-corrected chi connectivity index (χ2v) is 5.07. The summed E-state index contributed by atoms with van der Waals surface area (Å²) >= 11 is 0. The Morgan fingerprint density at radius 1 is 1.00 bits per heavy atom. The van der Waals surface area contributed by atoms with Crippen LogP contribution >= 0.6 is 0 Å². The fraction of sp³-hybridized carbons (Fsp3) is 0.714. The Hall–Kier alpha value is 0.0561. The van der Waals surface area contributed by atoms with Gasteiger partial charge in [0.1, 0.15) is 0 Å². The summed E-state index contributed by atoms with van der Waals surface area (Å²) in [6.07, 6.45) is 6.68. The van der Waals surface area contributed by atoms with Gasteiger partial charge in [0.2, 0.25) is 0 Å². The van der Waals surface area contributed by atoms with Crippen molar-refractivity contribution in [2.24, 2.45) is 0 Å². The summed E-state index contributed by atoms with van der Waals surface area (Å²) in [5, 5.41) is 28.6. The molecule has 1 aromatic heterocycles. The molecule has 3 atom stereocenters. The van der Waals surface area contributed by atoms with Crippen LogP contribution in [-0.4, -0.2) is 65.2 Å². The molecule has 1 heterocycles. The van der Waals surface area contributed by atoms with Crippen LogP contribution in [0.1, 0.15) is 44.6 Å². The van der Waals surface area contributed by atoms with E-state index in [-0.39, 0.29) is 38.8 Å². The quantitative estimate of drug-likeness (QED) is 0.433. The molecule has 4 N–H and O–H groups in total. The van der Waals surface area contributed by atoms with E-state index in [1.807, 2.05) is 18.5 Å². The van der Waals surface area contributed by atoms with Crippen LogP contribution in [0.2, 0.25) is 0 Å². The van der Waals surface area contributed by atoms with Crippen molar-refractivity contribution in [2.75, 3.05) is 0 Å². The number of hydrogen-bond donors (Lipinski definition) is 4. The number of H-pyrrole nitrogens is 1. The first-order chi connectivity index (χ1) is 8.58. The second kappa shape index (κ2) is 10.8. The third-order valence-corrected chi connectivity index (χ3v) is 3.18. The van der Waals surface area contributed by atoms with E-state index in [0.717, 1.165) is 12.8 Å². The number of aromatic nitrogens is 1. The van der Waals surface area contributed by atoms with Crippen molar-refractivity contribution in [3.05, 3.63) is 24.0 Å². The summed E-state index contributed by atoms with van der Waals surface area (Å²) < 4.78 is 0. The maximum absolute atomic E-state index is 9.80. The summed E-state index contributed by atoms with van der Waals surface area (Å²) in [4.78, 5) is 2.99. The number of aliphatic hydroxyl groups is 3. The van der Waals surface area contributed by atoms with Gasteiger partial charge in [-0.1, -0.05) is 0 Å². The number of aryl methyl sites for hydroxylation is 1. The normalized spacial score (nSPS) is 15.6. The van der Waals surface area contributed by atoms with Gasteiger partial charge in [0.05, 0.1) is 18.3 Å². The van der Waals surface area contributed by atoms with Gasteiger partial charge in [-0.3, -0.25) is 0 Å². The molecule has 19 heavy (non-hydrogen) atoms. The molecular weight excluding hydrogens is 439 g/mol. The molecule has 0 aliphatic rings. The first kappa shape index (κ1) is 19.1. The summed E-state index contributed by atoms with van der Waals surface area (Å²) in [6.45, 7) is 1.72. The van der Waals surface area contributed by atoms with E-state index >= 15 is 0 Å². The maximum atomic E-state index is 9.80. The van der Waals surface area contributed by atoms with E-state index in [9.17, 15) is 10.2 Å². The van der Waals surface area contributed by atoms with E-state index in [4.69, 9.17) is 5.11 Å². The Labute approximate surface area is 134 Å². The SMILES string of the molecule is CC(O)CCC(O)CCC(O)CCc1cc[nH]c1.[PoH2]. The van der Waals surface area contributed by atoms with Gasteiger partial charge in [-0.2, -0.15) is 0 Å². The number of rotatable bonds is 9. The van der Waals surface area contributed by atoms with Crippen LogP contribution < -0.4 is 0 Å². The Balaban J connectivity index is 0.00000324. The Bertz CT molecular complexity index is 304. The number of nitrogens with one attached hydrogen (secondary N) is 1. The van der Waals surface area contributed by atoms with Crippen molar-refractivity contribution in [1.29, 1.82) is 0 Å². The average molecular weight is 466 g/mol. The topological polar surface area (TPSA) is 76.5 Å². The first-order valence-electron chi connectivity index (χ1n) is 6.73. The van der Waals surface area contributed by atoms with Crippen molar-refractivity contribution >= 4 is 26.6 Å². The zero-order chi connectivity index (χ0) is 13.4. The Morgan fingerprint density at radius 3 is 2.11 bits per heavy atom. The number of hydrogen-bond acceptors (Lipinski definition) is 3. The fourth-order valence-electron chi connectivity index (χ4n) is 1.95. The molecule has 0 saturated carbocycles. The van der Waals surface area contributed by atoms with E-state index in [1.54, 1.807) is 6.92 Å². The van der Waals surface area contributed by atoms with Crippen molar-refractivity contribution in [3.8, 4) is 0 Å². The van der Waals surface area contributed by atoms with Crippen LogP contribution in [0.5, 0.6) is 0 Å². The molecule has 3 unspecified atom stereocenters. The predicted molar refractivity (Wildman–Crippen MR) is 79.8 cm³/mol. The van der Waals surface area contributed by atoms with Crippen molar-refractivity contribution in [1.82, 2.24) is 4.98 Å². The van der Waals surface area contributed by atoms with Crippen LogP contribution in [0.15, 0.2) is 18.5 Å². The molecule has 1 aromatic rings. The van der Waals surface area contributed by atoms with Gasteiger partial charge in [-0.25, -0.2) is 0 Å². The van der Waals surface area contributed by atoms with Crippen molar-refractivity contribution < 1.29 is 15.3 Å². The van der Waals surface area contributed by atoms with Gasteiger partial charge in [0, 0.05) is 12.4 Å². The van der Waals surface area contributed by atoms with Crippen molar-refractivity contribution in [3.63, 3.8) is 0 Å². The van der Waals surface area contributed by atoms with Gasteiger partial charge in [0.25, 0.3) is 0 Å². The predicted octanol–water partition coefficient (Wildman–Crippen LogP) is 0.694. The molecule has 0 radical (unpaired) electrons. The summed E-state index contributed by atoms with van der Waals surface area (Å²) in [7, 11) is 0. The van der Waals surface area contributed by atoms with Crippen LogP contribution in [0.4, 0.5) is 0 Å². The van der Waals surface area contributed by atoms with Crippen molar-refractivity contribution in [2.45, 2.75) is 63.8 Å². The molecule has 0 fully saturated rings. The molecule has 112 valence electrons. The zero-order valence-corrected chi connectivity index (χ0v) is 15.4. The minimum atomic E-state index is -0.415. The minimum absolute atomic E-state index is 0. The molecule has 0 amide bonds. The monoisotopic (exact) mass is 466 g/mol.